The van der Waals surface area contributed by atoms with E-state index in [0.717, 1.165) is 27.7 Å². The minimum Gasteiger partial charge on any atom is -0.381 e. The first-order valence-corrected chi connectivity index (χ1v) is 7.47. The Bertz CT molecular complexity index is 876. The summed E-state index contributed by atoms with van der Waals surface area (Å²) in [4.78, 5) is 15.3. The maximum atomic E-state index is 12.3. The van der Waals surface area contributed by atoms with Crippen LogP contribution in [0.15, 0.2) is 47.3 Å². The van der Waals surface area contributed by atoms with Crippen LogP contribution >= 0.6 is 0 Å². The van der Waals surface area contributed by atoms with Crippen LogP contribution in [-0.4, -0.2) is 4.98 Å². The molecule has 0 atom stereocenters. The molecule has 0 bridgehead atoms. The van der Waals surface area contributed by atoms with Crippen molar-refractivity contribution in [3.05, 3.63) is 75.1 Å². The van der Waals surface area contributed by atoms with Crippen LogP contribution in [0.3, 0.4) is 0 Å². The summed E-state index contributed by atoms with van der Waals surface area (Å²) in [5.74, 6) is 0. The van der Waals surface area contributed by atoms with Gasteiger partial charge in [0.2, 0.25) is 0 Å². The van der Waals surface area contributed by atoms with Crippen molar-refractivity contribution in [3.63, 3.8) is 0 Å². The van der Waals surface area contributed by atoms with E-state index in [9.17, 15) is 4.79 Å². The highest BCUT2D eigenvalue weighted by Gasteiger charge is 2.06. The zero-order valence-electron chi connectivity index (χ0n) is 13.2. The van der Waals surface area contributed by atoms with Crippen LogP contribution in [0.5, 0.6) is 0 Å². The number of rotatable bonds is 3. The number of aryl methyl sites for hydroxylation is 3. The molecule has 2 N–H and O–H groups in total. The molecule has 1 heterocycles. The van der Waals surface area contributed by atoms with Gasteiger partial charge >= 0.3 is 0 Å². The van der Waals surface area contributed by atoms with Crippen molar-refractivity contribution in [2.24, 2.45) is 0 Å². The van der Waals surface area contributed by atoms with Gasteiger partial charge in [0.1, 0.15) is 0 Å². The molecule has 0 amide bonds. The van der Waals surface area contributed by atoms with Gasteiger partial charge in [-0.1, -0.05) is 29.8 Å². The van der Waals surface area contributed by atoms with Crippen LogP contribution < -0.4 is 10.9 Å². The topological polar surface area (TPSA) is 44.9 Å². The van der Waals surface area contributed by atoms with Crippen LogP contribution in [0.25, 0.3) is 10.9 Å². The normalized spacial score (nSPS) is 10.9. The van der Waals surface area contributed by atoms with Crippen LogP contribution in [0, 0.1) is 20.8 Å². The van der Waals surface area contributed by atoms with E-state index in [1.807, 2.05) is 31.2 Å². The molecule has 3 rings (SSSR count). The van der Waals surface area contributed by atoms with Crippen LogP contribution in [0.2, 0.25) is 0 Å². The van der Waals surface area contributed by atoms with E-state index in [-0.39, 0.29) is 5.56 Å². The smallest absolute Gasteiger partial charge is 0.253 e. The number of fused-ring (bicyclic) bond motifs is 1. The highest BCUT2D eigenvalue weighted by Crippen LogP contribution is 2.20. The molecule has 3 aromatic rings. The SMILES string of the molecule is Cc1ccc(NCc2cc3c(C)ccc(C)c3[nH]c2=O)cc1. The minimum absolute atomic E-state index is 0.0270. The van der Waals surface area contributed by atoms with E-state index < -0.39 is 0 Å². The van der Waals surface area contributed by atoms with Gasteiger partial charge in [-0.2, -0.15) is 0 Å². The van der Waals surface area contributed by atoms with Gasteiger partial charge in [-0.15, -0.1) is 0 Å². The number of aromatic amines is 1. The lowest BCUT2D eigenvalue weighted by Gasteiger charge is -2.10. The lowest BCUT2D eigenvalue weighted by Crippen LogP contribution is -2.16. The Morgan fingerprint density at radius 1 is 0.955 bits per heavy atom. The summed E-state index contributed by atoms with van der Waals surface area (Å²) in [6.45, 7) is 6.66. The Morgan fingerprint density at radius 3 is 2.36 bits per heavy atom. The molecule has 0 fully saturated rings. The summed E-state index contributed by atoms with van der Waals surface area (Å²) in [5.41, 5.74) is 6.17. The van der Waals surface area contributed by atoms with Gasteiger partial charge in [0.25, 0.3) is 5.56 Å². The molecule has 2 aromatic carbocycles. The van der Waals surface area contributed by atoms with Gasteiger partial charge in [-0.25, -0.2) is 0 Å². The number of hydrogen-bond acceptors (Lipinski definition) is 2. The van der Waals surface area contributed by atoms with Crippen molar-refractivity contribution in [1.82, 2.24) is 4.98 Å². The van der Waals surface area contributed by atoms with Gasteiger partial charge in [-0.3, -0.25) is 4.79 Å². The van der Waals surface area contributed by atoms with Gasteiger partial charge in [0.05, 0.1) is 5.52 Å². The maximum absolute atomic E-state index is 12.3. The average Bonchev–Trinajstić information content (AvgIpc) is 2.51. The Balaban J connectivity index is 1.94. The quantitative estimate of drug-likeness (QED) is 0.764. The van der Waals surface area contributed by atoms with E-state index in [0.29, 0.717) is 6.54 Å². The number of nitrogens with one attached hydrogen (secondary N) is 2. The zero-order chi connectivity index (χ0) is 15.7. The predicted molar refractivity (Wildman–Crippen MR) is 92.5 cm³/mol. The average molecular weight is 292 g/mol. The summed E-state index contributed by atoms with van der Waals surface area (Å²) in [5, 5.41) is 4.42. The molecule has 1 aromatic heterocycles. The fraction of sp³-hybridized carbons (Fsp3) is 0.211. The summed E-state index contributed by atoms with van der Waals surface area (Å²) in [6.07, 6.45) is 0. The Labute approximate surface area is 130 Å². The summed E-state index contributed by atoms with van der Waals surface area (Å²) < 4.78 is 0. The summed E-state index contributed by atoms with van der Waals surface area (Å²) in [7, 11) is 0. The molecule has 0 unspecified atom stereocenters. The second-order valence-corrected chi connectivity index (χ2v) is 5.83. The van der Waals surface area contributed by atoms with Crippen molar-refractivity contribution in [2.45, 2.75) is 27.3 Å². The molecule has 22 heavy (non-hydrogen) atoms. The fourth-order valence-corrected chi connectivity index (χ4v) is 2.62. The first kappa shape index (κ1) is 14.4. The van der Waals surface area contributed by atoms with E-state index >= 15 is 0 Å². The van der Waals surface area contributed by atoms with Crippen molar-refractivity contribution < 1.29 is 0 Å². The van der Waals surface area contributed by atoms with Crippen LogP contribution in [-0.2, 0) is 6.54 Å². The number of benzene rings is 2. The molecule has 0 aliphatic rings. The standard InChI is InChI=1S/C19H20N2O/c1-12-4-8-16(9-5-12)20-11-15-10-17-13(2)6-7-14(3)18(17)21-19(15)22/h4-10,20H,11H2,1-3H3,(H,21,22). The zero-order valence-corrected chi connectivity index (χ0v) is 13.2. The molecular weight excluding hydrogens is 272 g/mol. The molecule has 0 aliphatic heterocycles. The monoisotopic (exact) mass is 292 g/mol. The molecule has 112 valence electrons. The maximum Gasteiger partial charge on any atom is 0.253 e. The molecule has 0 saturated carbocycles. The van der Waals surface area contributed by atoms with Gasteiger partial charge in [-0.05, 0) is 50.1 Å². The number of anilines is 1. The largest absolute Gasteiger partial charge is 0.381 e. The Morgan fingerprint density at radius 2 is 1.64 bits per heavy atom. The van der Waals surface area contributed by atoms with Gasteiger partial charge < -0.3 is 10.3 Å². The van der Waals surface area contributed by atoms with Crippen molar-refractivity contribution >= 4 is 16.6 Å². The summed E-state index contributed by atoms with van der Waals surface area (Å²) in [6, 6.07) is 14.3. The van der Waals surface area contributed by atoms with E-state index in [1.54, 1.807) is 0 Å². The molecule has 0 spiro atoms. The van der Waals surface area contributed by atoms with E-state index in [4.69, 9.17) is 0 Å². The van der Waals surface area contributed by atoms with Crippen LogP contribution in [0.4, 0.5) is 5.69 Å². The Hall–Kier alpha value is -2.55. The molecule has 0 aliphatic carbocycles. The third kappa shape index (κ3) is 2.75. The third-order valence-electron chi connectivity index (χ3n) is 4.06. The summed E-state index contributed by atoms with van der Waals surface area (Å²) >= 11 is 0. The highest BCUT2D eigenvalue weighted by atomic mass is 16.1. The van der Waals surface area contributed by atoms with E-state index in [2.05, 4.69) is 42.3 Å². The predicted octanol–water partition coefficient (Wildman–Crippen LogP) is 4.07. The molecule has 0 radical (unpaired) electrons. The van der Waals surface area contributed by atoms with Crippen molar-refractivity contribution in [3.8, 4) is 0 Å². The van der Waals surface area contributed by atoms with Gasteiger partial charge in [0.15, 0.2) is 0 Å². The second kappa shape index (κ2) is 5.68. The molecular formula is C19H20N2O. The fourth-order valence-electron chi connectivity index (χ4n) is 2.62. The molecule has 0 saturated heterocycles. The number of aromatic nitrogens is 1. The van der Waals surface area contributed by atoms with Crippen molar-refractivity contribution in [1.29, 1.82) is 0 Å². The van der Waals surface area contributed by atoms with E-state index in [1.165, 1.54) is 11.1 Å². The lowest BCUT2D eigenvalue weighted by molar-refractivity contribution is 1.09. The number of H-pyrrole nitrogens is 1. The van der Waals surface area contributed by atoms with Crippen molar-refractivity contribution in [2.75, 3.05) is 5.32 Å². The molecule has 3 heteroatoms. The first-order chi connectivity index (χ1) is 10.5. The lowest BCUT2D eigenvalue weighted by atomic mass is 10.0. The first-order valence-electron chi connectivity index (χ1n) is 7.47. The number of pyridine rings is 1. The second-order valence-electron chi connectivity index (χ2n) is 5.83. The van der Waals surface area contributed by atoms with Gasteiger partial charge in [0, 0.05) is 23.2 Å². The molecule has 3 nitrogen and oxygen atoms in total. The number of hydrogen-bond donors (Lipinski definition) is 2. The minimum atomic E-state index is -0.0270. The third-order valence-corrected chi connectivity index (χ3v) is 4.06. The van der Waals surface area contributed by atoms with Crippen LogP contribution in [0.1, 0.15) is 22.3 Å². The Kier molecular flexibility index (Phi) is 3.72. The highest BCUT2D eigenvalue weighted by molar-refractivity contribution is 5.85.